The number of ether oxygens (including phenoxy) is 1. The molecule has 1 aliphatic rings. The molecule has 2 rings (SSSR count). The maximum atomic E-state index is 11.1. The van der Waals surface area contributed by atoms with Crippen molar-refractivity contribution >= 4 is 23.1 Å². The zero-order valence-electron chi connectivity index (χ0n) is 9.35. The number of anilines is 1. The van der Waals surface area contributed by atoms with E-state index in [4.69, 9.17) is 16.3 Å². The summed E-state index contributed by atoms with van der Waals surface area (Å²) in [5.41, 5.74) is 0.549. The van der Waals surface area contributed by atoms with Crippen molar-refractivity contribution in [2.75, 3.05) is 31.2 Å². The molecule has 2 heterocycles. The lowest BCUT2D eigenvalue weighted by Crippen LogP contribution is -2.37. The van der Waals surface area contributed by atoms with Gasteiger partial charge in [0, 0.05) is 18.7 Å². The summed E-state index contributed by atoms with van der Waals surface area (Å²) in [6.45, 7) is 3.94. The predicted molar refractivity (Wildman–Crippen MR) is 63.7 cm³/mol. The van der Waals surface area contributed by atoms with Crippen LogP contribution in [0.1, 0.15) is 5.56 Å². The van der Waals surface area contributed by atoms with Crippen molar-refractivity contribution in [3.63, 3.8) is 0 Å². The van der Waals surface area contributed by atoms with Gasteiger partial charge in [-0.05, 0) is 13.0 Å². The first kappa shape index (κ1) is 12.1. The molecule has 7 heteroatoms. The van der Waals surface area contributed by atoms with Gasteiger partial charge in [-0.15, -0.1) is 0 Å². The summed E-state index contributed by atoms with van der Waals surface area (Å²) >= 11 is 5.85. The molecule has 1 aromatic heterocycles. The number of hydrogen-bond donors (Lipinski definition) is 0. The molecule has 0 amide bonds. The van der Waals surface area contributed by atoms with Crippen LogP contribution in [-0.4, -0.2) is 36.2 Å². The Labute approximate surface area is 103 Å². The van der Waals surface area contributed by atoms with Gasteiger partial charge in [0.05, 0.1) is 18.1 Å². The Bertz CT molecular complexity index is 447. The molecular formula is C10H12ClN3O3. The van der Waals surface area contributed by atoms with Crippen molar-refractivity contribution in [2.45, 2.75) is 6.92 Å². The van der Waals surface area contributed by atoms with E-state index < -0.39 is 4.92 Å². The zero-order valence-corrected chi connectivity index (χ0v) is 10.1. The second kappa shape index (κ2) is 4.85. The minimum absolute atomic E-state index is 0.0244. The van der Waals surface area contributed by atoms with Gasteiger partial charge < -0.3 is 9.64 Å². The summed E-state index contributed by atoms with van der Waals surface area (Å²) < 4.78 is 5.21. The number of nitrogens with zero attached hydrogens (tertiary/aromatic N) is 3. The van der Waals surface area contributed by atoms with Gasteiger partial charge in [0.15, 0.2) is 0 Å². The fourth-order valence-corrected chi connectivity index (χ4v) is 2.07. The SMILES string of the molecule is Cc1cc(Cl)nc(N2CCOCC2)c1[N+](=O)[O-]. The molecule has 0 N–H and O–H groups in total. The number of hydrogen-bond acceptors (Lipinski definition) is 5. The van der Waals surface area contributed by atoms with E-state index in [0.717, 1.165) is 0 Å². The van der Waals surface area contributed by atoms with Gasteiger partial charge in [-0.3, -0.25) is 10.1 Å². The smallest absolute Gasteiger partial charge is 0.314 e. The molecule has 1 aromatic rings. The first-order valence-corrected chi connectivity index (χ1v) is 5.61. The first-order chi connectivity index (χ1) is 8.09. The highest BCUT2D eigenvalue weighted by Gasteiger charge is 2.26. The molecule has 1 saturated heterocycles. The van der Waals surface area contributed by atoms with E-state index in [2.05, 4.69) is 4.98 Å². The number of pyridine rings is 1. The van der Waals surface area contributed by atoms with E-state index in [9.17, 15) is 10.1 Å². The van der Waals surface area contributed by atoms with Crippen LogP contribution in [0, 0.1) is 17.0 Å². The summed E-state index contributed by atoms with van der Waals surface area (Å²) in [6, 6.07) is 1.50. The Balaban J connectivity index is 2.46. The van der Waals surface area contributed by atoms with Crippen LogP contribution in [0.4, 0.5) is 11.5 Å². The lowest BCUT2D eigenvalue weighted by molar-refractivity contribution is -0.384. The van der Waals surface area contributed by atoms with Crippen molar-refractivity contribution in [1.82, 2.24) is 4.98 Å². The number of morpholine rings is 1. The van der Waals surface area contributed by atoms with E-state index in [-0.39, 0.29) is 10.8 Å². The summed E-state index contributed by atoms with van der Waals surface area (Å²) in [4.78, 5) is 16.6. The Morgan fingerprint density at radius 1 is 1.53 bits per heavy atom. The Morgan fingerprint density at radius 3 is 2.76 bits per heavy atom. The Hall–Kier alpha value is -1.40. The Kier molecular flexibility index (Phi) is 3.44. The molecule has 0 bridgehead atoms. The number of nitro groups is 1. The normalized spacial score (nSPS) is 16.0. The predicted octanol–water partition coefficient (Wildman–Crippen LogP) is 1.79. The highest BCUT2D eigenvalue weighted by atomic mass is 35.5. The molecular weight excluding hydrogens is 246 g/mol. The number of aryl methyl sites for hydroxylation is 1. The molecule has 0 aliphatic carbocycles. The third-order valence-electron chi connectivity index (χ3n) is 2.63. The quantitative estimate of drug-likeness (QED) is 0.459. The van der Waals surface area contributed by atoms with Gasteiger partial charge in [0.2, 0.25) is 5.82 Å². The minimum atomic E-state index is -0.413. The highest BCUT2D eigenvalue weighted by Crippen LogP contribution is 2.31. The minimum Gasteiger partial charge on any atom is -0.378 e. The van der Waals surface area contributed by atoms with Crippen molar-refractivity contribution in [1.29, 1.82) is 0 Å². The lowest BCUT2D eigenvalue weighted by Gasteiger charge is -2.27. The largest absolute Gasteiger partial charge is 0.378 e. The van der Waals surface area contributed by atoms with Crippen LogP contribution in [0.3, 0.4) is 0 Å². The molecule has 6 nitrogen and oxygen atoms in total. The molecule has 17 heavy (non-hydrogen) atoms. The Morgan fingerprint density at radius 2 is 2.18 bits per heavy atom. The highest BCUT2D eigenvalue weighted by molar-refractivity contribution is 6.29. The van der Waals surface area contributed by atoms with Crippen LogP contribution < -0.4 is 4.90 Å². The van der Waals surface area contributed by atoms with Crippen LogP contribution in [0.25, 0.3) is 0 Å². The molecule has 92 valence electrons. The van der Waals surface area contributed by atoms with Crippen molar-refractivity contribution in [3.8, 4) is 0 Å². The fraction of sp³-hybridized carbons (Fsp3) is 0.500. The van der Waals surface area contributed by atoms with Gasteiger partial charge in [-0.25, -0.2) is 4.98 Å². The van der Waals surface area contributed by atoms with E-state index in [1.54, 1.807) is 6.92 Å². The second-order valence-corrected chi connectivity index (χ2v) is 4.18. The molecule has 0 spiro atoms. The van der Waals surface area contributed by atoms with Gasteiger partial charge in [-0.1, -0.05) is 11.6 Å². The summed E-state index contributed by atoms with van der Waals surface area (Å²) in [7, 11) is 0. The second-order valence-electron chi connectivity index (χ2n) is 3.79. The van der Waals surface area contributed by atoms with Gasteiger partial charge in [0.1, 0.15) is 5.15 Å². The maximum absolute atomic E-state index is 11.1. The van der Waals surface area contributed by atoms with Crippen molar-refractivity contribution < 1.29 is 9.66 Å². The van der Waals surface area contributed by atoms with E-state index >= 15 is 0 Å². The molecule has 0 aromatic carbocycles. The molecule has 1 aliphatic heterocycles. The van der Waals surface area contributed by atoms with E-state index in [1.807, 2.05) is 4.90 Å². The molecule has 0 radical (unpaired) electrons. The molecule has 0 unspecified atom stereocenters. The summed E-state index contributed by atoms with van der Waals surface area (Å²) in [5, 5.41) is 11.3. The van der Waals surface area contributed by atoms with Crippen LogP contribution in [0.15, 0.2) is 6.07 Å². The van der Waals surface area contributed by atoms with Gasteiger partial charge in [-0.2, -0.15) is 0 Å². The van der Waals surface area contributed by atoms with Crippen LogP contribution in [0.5, 0.6) is 0 Å². The van der Waals surface area contributed by atoms with E-state index in [0.29, 0.717) is 37.7 Å². The number of rotatable bonds is 2. The first-order valence-electron chi connectivity index (χ1n) is 5.24. The third kappa shape index (κ3) is 2.48. The van der Waals surface area contributed by atoms with Crippen LogP contribution in [0.2, 0.25) is 5.15 Å². The van der Waals surface area contributed by atoms with Crippen molar-refractivity contribution in [3.05, 3.63) is 26.9 Å². The number of aromatic nitrogens is 1. The van der Waals surface area contributed by atoms with Gasteiger partial charge >= 0.3 is 5.69 Å². The molecule has 0 atom stereocenters. The average molecular weight is 258 g/mol. The average Bonchev–Trinajstić information content (AvgIpc) is 2.28. The summed E-state index contributed by atoms with van der Waals surface area (Å²) in [6.07, 6.45) is 0. The monoisotopic (exact) mass is 257 g/mol. The van der Waals surface area contributed by atoms with Crippen LogP contribution in [-0.2, 0) is 4.74 Å². The lowest BCUT2D eigenvalue weighted by atomic mass is 10.2. The fourth-order valence-electron chi connectivity index (χ4n) is 1.83. The molecule has 0 saturated carbocycles. The van der Waals surface area contributed by atoms with Crippen molar-refractivity contribution in [2.24, 2.45) is 0 Å². The third-order valence-corrected chi connectivity index (χ3v) is 2.82. The van der Waals surface area contributed by atoms with Gasteiger partial charge in [0.25, 0.3) is 0 Å². The maximum Gasteiger partial charge on any atom is 0.314 e. The topological polar surface area (TPSA) is 68.5 Å². The van der Waals surface area contributed by atoms with Crippen LogP contribution >= 0.6 is 11.6 Å². The van der Waals surface area contributed by atoms with E-state index in [1.165, 1.54) is 6.07 Å². The number of halogens is 1. The summed E-state index contributed by atoms with van der Waals surface area (Å²) in [5.74, 6) is 0.336. The standard InChI is InChI=1S/C10H12ClN3O3/c1-7-6-8(11)12-10(9(7)14(15)16)13-2-4-17-5-3-13/h6H,2-5H2,1H3. The zero-order chi connectivity index (χ0) is 12.4. The molecule has 1 fully saturated rings.